The zero-order valence-electron chi connectivity index (χ0n) is 47.4. The minimum Gasteiger partial charge on any atom is -0.462 e. The first-order valence-electron chi connectivity index (χ1n) is 30.6. The van der Waals surface area contributed by atoms with Crippen LogP contribution in [-0.2, 0) is 28.6 Å². The quantitative estimate of drug-likeness (QED) is 0.0261. The topological polar surface area (TPSA) is 78.9 Å². The third kappa shape index (κ3) is 57.5. The van der Waals surface area contributed by atoms with E-state index in [2.05, 4.69) is 106 Å². The molecule has 72 heavy (non-hydrogen) atoms. The second-order valence-electron chi connectivity index (χ2n) is 20.2. The Hall–Kier alpha value is -3.41. The first-order valence-corrected chi connectivity index (χ1v) is 30.6. The van der Waals surface area contributed by atoms with E-state index in [4.69, 9.17) is 14.2 Å². The van der Waals surface area contributed by atoms with E-state index in [1.807, 2.05) is 0 Å². The molecule has 0 aliphatic heterocycles. The van der Waals surface area contributed by atoms with E-state index in [1.165, 1.54) is 161 Å². The highest BCUT2D eigenvalue weighted by molar-refractivity contribution is 5.71. The van der Waals surface area contributed by atoms with Crippen molar-refractivity contribution in [2.75, 3.05) is 13.2 Å². The molecule has 1 atom stereocenters. The Bertz CT molecular complexity index is 1380. The van der Waals surface area contributed by atoms with Crippen molar-refractivity contribution in [2.45, 2.75) is 303 Å². The summed E-state index contributed by atoms with van der Waals surface area (Å²) in [7, 11) is 0. The molecule has 0 aliphatic carbocycles. The lowest BCUT2D eigenvalue weighted by atomic mass is 10.0. The van der Waals surface area contributed by atoms with Gasteiger partial charge < -0.3 is 14.2 Å². The molecule has 0 spiro atoms. The van der Waals surface area contributed by atoms with Gasteiger partial charge in [0.15, 0.2) is 6.10 Å². The van der Waals surface area contributed by atoms with Gasteiger partial charge in [-0.2, -0.15) is 0 Å². The minimum atomic E-state index is -0.799. The molecule has 6 heteroatoms. The Morgan fingerprint density at radius 3 is 0.875 bits per heavy atom. The van der Waals surface area contributed by atoms with E-state index >= 15 is 0 Å². The number of rotatable bonds is 55. The molecule has 414 valence electrons. The van der Waals surface area contributed by atoms with Gasteiger partial charge >= 0.3 is 17.9 Å². The van der Waals surface area contributed by atoms with Crippen molar-refractivity contribution >= 4 is 17.9 Å². The fourth-order valence-electron chi connectivity index (χ4n) is 8.56. The van der Waals surface area contributed by atoms with Gasteiger partial charge in [0, 0.05) is 19.3 Å². The summed E-state index contributed by atoms with van der Waals surface area (Å²) in [4.78, 5) is 38.2. The summed E-state index contributed by atoms with van der Waals surface area (Å²) in [6.07, 6.45) is 78.7. The predicted molar refractivity (Wildman–Crippen MR) is 311 cm³/mol. The van der Waals surface area contributed by atoms with Gasteiger partial charge in [-0.05, 0) is 96.3 Å². The van der Waals surface area contributed by atoms with Crippen LogP contribution in [0.5, 0.6) is 0 Å². The van der Waals surface area contributed by atoms with Crippen molar-refractivity contribution in [2.24, 2.45) is 0 Å². The van der Waals surface area contributed by atoms with Crippen LogP contribution in [0.25, 0.3) is 0 Å². The zero-order valence-corrected chi connectivity index (χ0v) is 47.4. The van der Waals surface area contributed by atoms with Crippen LogP contribution in [0.4, 0.5) is 0 Å². The van der Waals surface area contributed by atoms with E-state index in [0.717, 1.165) is 89.9 Å². The van der Waals surface area contributed by atoms with Crippen LogP contribution in [0.15, 0.2) is 85.1 Å². The van der Waals surface area contributed by atoms with Gasteiger partial charge in [0.05, 0.1) is 0 Å². The van der Waals surface area contributed by atoms with E-state index in [0.29, 0.717) is 19.3 Å². The first kappa shape index (κ1) is 68.6. The van der Waals surface area contributed by atoms with Crippen LogP contribution in [0.2, 0.25) is 0 Å². The maximum absolute atomic E-state index is 12.8. The number of ether oxygens (including phenoxy) is 3. The predicted octanol–water partition coefficient (Wildman–Crippen LogP) is 20.7. The molecule has 0 bridgehead atoms. The number of carbonyl (C=O) groups is 3. The summed E-state index contributed by atoms with van der Waals surface area (Å²) in [6.45, 7) is 6.50. The Morgan fingerprint density at radius 1 is 0.292 bits per heavy atom. The molecule has 0 radical (unpaired) electrons. The molecular weight excluding hydrogens is 889 g/mol. The third-order valence-electron chi connectivity index (χ3n) is 13.1. The molecule has 0 saturated carbocycles. The highest BCUT2D eigenvalue weighted by Gasteiger charge is 2.19. The molecule has 0 aromatic rings. The summed E-state index contributed by atoms with van der Waals surface area (Å²) in [5.74, 6) is -0.929. The van der Waals surface area contributed by atoms with Gasteiger partial charge in [-0.15, -0.1) is 0 Å². The van der Waals surface area contributed by atoms with Crippen molar-refractivity contribution in [3.63, 3.8) is 0 Å². The number of carbonyl (C=O) groups excluding carboxylic acids is 3. The van der Waals surface area contributed by atoms with E-state index in [1.54, 1.807) is 0 Å². The summed E-state index contributed by atoms with van der Waals surface area (Å²) >= 11 is 0. The van der Waals surface area contributed by atoms with Crippen LogP contribution in [0, 0.1) is 0 Å². The van der Waals surface area contributed by atoms with Gasteiger partial charge in [-0.3, -0.25) is 14.4 Å². The monoisotopic (exact) mass is 1000 g/mol. The van der Waals surface area contributed by atoms with Crippen LogP contribution in [0.3, 0.4) is 0 Å². The van der Waals surface area contributed by atoms with Gasteiger partial charge in [0.2, 0.25) is 0 Å². The lowest BCUT2D eigenvalue weighted by Crippen LogP contribution is -2.30. The summed E-state index contributed by atoms with van der Waals surface area (Å²) in [6, 6.07) is 0. The number of hydrogen-bond donors (Lipinski definition) is 0. The molecular formula is C66H114O6. The maximum Gasteiger partial charge on any atom is 0.306 e. The SMILES string of the molecule is CC/C=C\C/C=C\C/C=C\C/C=C\CCCCC(=O)OC(COC(=O)CCCCCCCCCCCC/C=C\C/C=C\C/C=C\CCCCCCC)COC(=O)CCCCCCCCCCCCCCCC. The van der Waals surface area contributed by atoms with E-state index in [-0.39, 0.29) is 37.5 Å². The highest BCUT2D eigenvalue weighted by atomic mass is 16.6. The molecule has 0 rings (SSSR count). The molecule has 6 nitrogen and oxygen atoms in total. The van der Waals surface area contributed by atoms with Crippen LogP contribution in [0.1, 0.15) is 297 Å². The molecule has 0 amide bonds. The molecule has 0 heterocycles. The molecule has 1 unspecified atom stereocenters. The fourth-order valence-corrected chi connectivity index (χ4v) is 8.56. The maximum atomic E-state index is 12.8. The smallest absolute Gasteiger partial charge is 0.306 e. The second kappa shape index (κ2) is 60.1. The van der Waals surface area contributed by atoms with Crippen LogP contribution < -0.4 is 0 Å². The molecule has 0 aromatic carbocycles. The molecule has 0 aromatic heterocycles. The Labute approximate surface area is 445 Å². The Balaban J connectivity index is 4.34. The largest absolute Gasteiger partial charge is 0.462 e. The minimum absolute atomic E-state index is 0.0922. The lowest BCUT2D eigenvalue weighted by Gasteiger charge is -2.18. The average molecular weight is 1000 g/mol. The normalized spacial score (nSPS) is 12.7. The summed E-state index contributed by atoms with van der Waals surface area (Å²) < 4.78 is 16.9. The van der Waals surface area contributed by atoms with Gasteiger partial charge in [-0.25, -0.2) is 0 Å². The van der Waals surface area contributed by atoms with Crippen molar-refractivity contribution in [1.82, 2.24) is 0 Å². The second-order valence-corrected chi connectivity index (χ2v) is 20.2. The number of hydrogen-bond acceptors (Lipinski definition) is 6. The van der Waals surface area contributed by atoms with E-state index < -0.39 is 6.10 Å². The van der Waals surface area contributed by atoms with Crippen molar-refractivity contribution in [1.29, 1.82) is 0 Å². The van der Waals surface area contributed by atoms with Crippen molar-refractivity contribution in [3.8, 4) is 0 Å². The molecule has 0 N–H and O–H groups in total. The van der Waals surface area contributed by atoms with Gasteiger partial charge in [0.25, 0.3) is 0 Å². The lowest BCUT2D eigenvalue weighted by molar-refractivity contribution is -0.167. The van der Waals surface area contributed by atoms with Crippen LogP contribution in [-0.4, -0.2) is 37.2 Å². The zero-order chi connectivity index (χ0) is 52.2. The highest BCUT2D eigenvalue weighted by Crippen LogP contribution is 2.16. The van der Waals surface area contributed by atoms with Crippen molar-refractivity contribution in [3.05, 3.63) is 85.1 Å². The Kier molecular flexibility index (Phi) is 57.3. The molecule has 0 aliphatic rings. The molecule has 0 fully saturated rings. The summed E-state index contributed by atoms with van der Waals surface area (Å²) in [5, 5.41) is 0. The summed E-state index contributed by atoms with van der Waals surface area (Å²) in [5.41, 5.74) is 0. The number of unbranched alkanes of at least 4 members (excludes halogenated alkanes) is 30. The average Bonchev–Trinajstić information content (AvgIpc) is 3.38. The fraction of sp³-hybridized carbons (Fsp3) is 0.742. The first-order chi connectivity index (χ1) is 35.5. The molecule has 0 saturated heterocycles. The van der Waals surface area contributed by atoms with Gasteiger partial charge in [-0.1, -0.05) is 266 Å². The number of allylic oxidation sites excluding steroid dienone is 14. The van der Waals surface area contributed by atoms with Crippen molar-refractivity contribution < 1.29 is 28.6 Å². The third-order valence-corrected chi connectivity index (χ3v) is 13.1. The van der Waals surface area contributed by atoms with E-state index in [9.17, 15) is 14.4 Å². The van der Waals surface area contributed by atoms with Gasteiger partial charge in [0.1, 0.15) is 13.2 Å². The number of esters is 3. The Morgan fingerprint density at radius 2 is 0.542 bits per heavy atom. The standard InChI is InChI=1S/C66H114O6/c1-4-7-10-13-16-19-22-25-28-29-30-31-32-33-34-35-36-37-39-41-44-47-50-53-56-59-65(68)71-62-63(61-70-64(67)58-55-52-49-46-43-40-27-24-21-18-15-12-9-6-3)72-66(69)60-57-54-51-48-45-42-38-26-23-20-17-14-11-8-5-2/h8,11,17,20,22,25-26,29-30,32-33,38,45,48,63H,4-7,9-10,12-16,18-19,21,23-24,27-28,31,34-37,39-44,46-47,49-62H2,1-3H3/b11-8-,20-17-,25-22-,30-29-,33-32-,38-26-,48-45-. The van der Waals surface area contributed by atoms with Crippen LogP contribution >= 0.6 is 0 Å².